The first-order valence-corrected chi connectivity index (χ1v) is 27.7. The molecule has 0 amide bonds. The summed E-state index contributed by atoms with van der Waals surface area (Å²) in [4.78, 5) is 0. The zero-order chi connectivity index (χ0) is 54.0. The van der Waals surface area contributed by atoms with Crippen molar-refractivity contribution in [2.75, 3.05) is 0 Å². The largest absolute Gasteiger partial charge is 0.0848 e. The van der Waals surface area contributed by atoms with Gasteiger partial charge in [0.05, 0.1) is 0 Å². The highest BCUT2D eigenvalue weighted by molar-refractivity contribution is 5.76. The fraction of sp³-hybridized carbons (Fsp3) is 0.629. The number of allylic oxidation sites excluding steroid dienone is 8. The number of hydrogen-bond donors (Lipinski definition) is 0. The first kappa shape index (κ1) is 60.9. The summed E-state index contributed by atoms with van der Waals surface area (Å²) in [6.45, 7) is 67.4. The monoisotopic (exact) mass is 951 g/mol. The molecule has 0 bridgehead atoms. The molecule has 390 valence electrons. The van der Waals surface area contributed by atoms with Gasteiger partial charge in [-0.05, 0) is 167 Å². The lowest BCUT2D eigenvalue weighted by molar-refractivity contribution is 0.285. The molecular weight excluding hydrogens is 841 g/mol. The Labute approximate surface area is 436 Å². The molecular formula is C70H110. The van der Waals surface area contributed by atoms with Crippen molar-refractivity contribution in [3.8, 4) is 11.1 Å². The lowest BCUT2D eigenvalue weighted by atomic mass is 9.63. The number of hydrogen-bond acceptors (Lipinski definition) is 0. The summed E-state index contributed by atoms with van der Waals surface area (Å²) in [6.07, 6.45) is 21.4. The maximum atomic E-state index is 2.66. The van der Waals surface area contributed by atoms with E-state index in [1.54, 1.807) is 16.7 Å². The van der Waals surface area contributed by atoms with Crippen molar-refractivity contribution in [2.24, 2.45) is 16.2 Å². The van der Waals surface area contributed by atoms with Gasteiger partial charge in [0, 0.05) is 0 Å². The van der Waals surface area contributed by atoms with Crippen LogP contribution in [0.5, 0.6) is 0 Å². The molecule has 1 unspecified atom stereocenters. The third-order valence-corrected chi connectivity index (χ3v) is 14.9. The molecule has 0 aliphatic heterocycles. The summed E-state index contributed by atoms with van der Waals surface area (Å²) >= 11 is 0. The predicted octanol–water partition coefficient (Wildman–Crippen LogP) is 21.4. The predicted molar refractivity (Wildman–Crippen MR) is 318 cm³/mol. The van der Waals surface area contributed by atoms with E-state index in [9.17, 15) is 0 Å². The molecule has 3 aromatic rings. The van der Waals surface area contributed by atoms with Gasteiger partial charge in [-0.1, -0.05) is 272 Å². The van der Waals surface area contributed by atoms with Crippen LogP contribution in [0, 0.1) is 23.2 Å². The van der Waals surface area contributed by atoms with Crippen LogP contribution >= 0.6 is 0 Å². The number of unbranched alkanes of at least 4 members (excludes halogenated alkanes) is 1. The molecule has 3 aromatic carbocycles. The van der Waals surface area contributed by atoms with Gasteiger partial charge in [0.1, 0.15) is 0 Å². The fourth-order valence-electron chi connectivity index (χ4n) is 10.2. The summed E-state index contributed by atoms with van der Waals surface area (Å²) in [6, 6.07) is 15.5. The average molecular weight is 952 g/mol. The summed E-state index contributed by atoms with van der Waals surface area (Å²) in [7, 11) is 0. The van der Waals surface area contributed by atoms with E-state index in [2.05, 4.69) is 267 Å². The molecule has 0 spiro atoms. The van der Waals surface area contributed by atoms with Crippen LogP contribution in [-0.2, 0) is 51.8 Å². The molecule has 0 radical (unpaired) electrons. The van der Waals surface area contributed by atoms with Gasteiger partial charge in [-0.15, -0.1) is 0 Å². The van der Waals surface area contributed by atoms with Crippen molar-refractivity contribution >= 4 is 0 Å². The Balaban J connectivity index is 0.00000130. The van der Waals surface area contributed by atoms with Crippen LogP contribution < -0.4 is 0 Å². The van der Waals surface area contributed by atoms with Crippen LogP contribution in [0.4, 0.5) is 0 Å². The van der Waals surface area contributed by atoms with Crippen molar-refractivity contribution in [1.82, 2.24) is 0 Å². The van der Waals surface area contributed by atoms with Crippen LogP contribution in [0.3, 0.4) is 0 Å². The number of fused-ring (bicyclic) bond motifs is 1. The number of rotatable bonds is 7. The Morgan fingerprint density at radius 3 is 1.39 bits per heavy atom. The molecule has 0 saturated carbocycles. The molecule has 0 heterocycles. The molecule has 0 aromatic heterocycles. The minimum absolute atomic E-state index is 0.000407. The molecule has 4 rings (SSSR count). The fourth-order valence-corrected chi connectivity index (χ4v) is 10.2. The van der Waals surface area contributed by atoms with Gasteiger partial charge >= 0.3 is 0 Å². The summed E-state index contributed by atoms with van der Waals surface area (Å²) in [5, 5.41) is 0. The molecule has 1 atom stereocenters. The van der Waals surface area contributed by atoms with Crippen molar-refractivity contribution in [1.29, 1.82) is 0 Å². The van der Waals surface area contributed by atoms with E-state index in [1.165, 1.54) is 74.0 Å². The third-order valence-electron chi connectivity index (χ3n) is 14.9. The normalized spacial score (nSPS) is 18.8. The van der Waals surface area contributed by atoms with E-state index in [-0.39, 0.29) is 48.7 Å². The van der Waals surface area contributed by atoms with E-state index in [4.69, 9.17) is 0 Å². The topological polar surface area (TPSA) is 0 Å². The molecule has 1 aliphatic rings. The zero-order valence-corrected chi connectivity index (χ0v) is 51.4. The van der Waals surface area contributed by atoms with Gasteiger partial charge in [-0.2, -0.15) is 0 Å². The van der Waals surface area contributed by atoms with Crippen LogP contribution in [0.1, 0.15) is 268 Å². The molecule has 0 saturated heterocycles. The standard InChI is InChI=1S/C61H94.C9H16/c1-39-46(31-43(55(8,9)10)33-50(39)58(17,18)19)47-32-44(56(11,12)13)35-52(60(23,24)25)49(47)38-61(26)36-45(57(14,15)16)30-41(53(2,3)4)28-27-40-29-42(54(5,6)7)34-51(48(40)37-61)59(20,21)22;1-3-5-7-9-8-6-4-2/h28-35H,27,36-38H2,1-26H3;5,7-9H,3-4,6H2,1-2H3/b41-28+,45-30+;7-5-,9-8-. The van der Waals surface area contributed by atoms with E-state index in [0.29, 0.717) is 0 Å². The van der Waals surface area contributed by atoms with Crippen molar-refractivity contribution in [3.63, 3.8) is 0 Å². The van der Waals surface area contributed by atoms with Crippen LogP contribution in [0.15, 0.2) is 84.0 Å². The Hall–Kier alpha value is -3.38. The first-order valence-electron chi connectivity index (χ1n) is 27.7. The molecule has 0 nitrogen and oxygen atoms in total. The second kappa shape index (κ2) is 22.0. The van der Waals surface area contributed by atoms with Gasteiger partial charge in [0.15, 0.2) is 0 Å². The van der Waals surface area contributed by atoms with Crippen molar-refractivity contribution < 1.29 is 0 Å². The van der Waals surface area contributed by atoms with E-state index >= 15 is 0 Å². The van der Waals surface area contributed by atoms with Crippen LogP contribution in [0.2, 0.25) is 0 Å². The minimum atomic E-state index is -0.0855. The lowest BCUT2D eigenvalue weighted by Gasteiger charge is -2.41. The van der Waals surface area contributed by atoms with Crippen molar-refractivity contribution in [3.05, 3.63) is 140 Å². The van der Waals surface area contributed by atoms with E-state index in [1.807, 2.05) is 0 Å². The quantitative estimate of drug-likeness (QED) is 0.207. The molecule has 0 heteroatoms. The molecule has 70 heavy (non-hydrogen) atoms. The van der Waals surface area contributed by atoms with E-state index in [0.717, 1.165) is 32.1 Å². The highest BCUT2D eigenvalue weighted by Crippen LogP contribution is 2.50. The average Bonchev–Trinajstić information content (AvgIpc) is 3.16. The van der Waals surface area contributed by atoms with Crippen LogP contribution in [-0.4, -0.2) is 0 Å². The van der Waals surface area contributed by atoms with Gasteiger partial charge in [0.2, 0.25) is 0 Å². The molecule has 1 aliphatic carbocycles. The maximum absolute atomic E-state index is 2.66. The Morgan fingerprint density at radius 1 is 0.486 bits per heavy atom. The second-order valence-corrected chi connectivity index (χ2v) is 30.3. The summed E-state index contributed by atoms with van der Waals surface area (Å²) in [5.41, 5.74) is 20.7. The highest BCUT2D eigenvalue weighted by atomic mass is 14.4. The Bertz CT molecular complexity index is 2370. The smallest absolute Gasteiger partial charge is 0.00885 e. The lowest BCUT2D eigenvalue weighted by Crippen LogP contribution is -2.32. The SMILES string of the molecule is CC/C=C\C=C/CCC.Cc1c(-c2cc(C(C)(C)C)cc(C(C)(C)C)c2CC2(C)C/C(C(C)(C)C)=C\C(C(C)(C)C)=C/Cc3cc(C(C)(C)C)cc(C(C)(C)C)c3C2)cc(C(C)(C)C)cc1C(C)(C)C. The Kier molecular flexibility index (Phi) is 19.1. The first-order chi connectivity index (χ1) is 31.5. The second-order valence-electron chi connectivity index (χ2n) is 30.3. The maximum Gasteiger partial charge on any atom is -0.00885 e. The Morgan fingerprint density at radius 2 is 0.943 bits per heavy atom. The zero-order valence-electron chi connectivity index (χ0n) is 51.4. The van der Waals surface area contributed by atoms with Crippen LogP contribution in [0.25, 0.3) is 11.1 Å². The van der Waals surface area contributed by atoms with Crippen molar-refractivity contribution in [2.45, 2.75) is 271 Å². The molecule has 0 N–H and O–H groups in total. The van der Waals surface area contributed by atoms with E-state index < -0.39 is 0 Å². The van der Waals surface area contributed by atoms with Gasteiger partial charge < -0.3 is 0 Å². The minimum Gasteiger partial charge on any atom is -0.0848 e. The van der Waals surface area contributed by atoms with Gasteiger partial charge in [-0.3, -0.25) is 0 Å². The highest BCUT2D eigenvalue weighted by Gasteiger charge is 2.38. The molecule has 0 fully saturated rings. The number of benzene rings is 3. The van der Waals surface area contributed by atoms with Gasteiger partial charge in [-0.25, -0.2) is 0 Å². The summed E-state index contributed by atoms with van der Waals surface area (Å²) in [5.74, 6) is 0. The third kappa shape index (κ3) is 16.3. The summed E-state index contributed by atoms with van der Waals surface area (Å²) < 4.78 is 0. The van der Waals surface area contributed by atoms with Gasteiger partial charge in [0.25, 0.3) is 0 Å².